The zero-order valence-corrected chi connectivity index (χ0v) is 12.1. The number of halogens is 1. The molecule has 4 nitrogen and oxygen atoms in total. The molecular weight excluding hydrogens is 271 g/mol. The monoisotopic (exact) mass is 292 g/mol. The second-order valence-electron chi connectivity index (χ2n) is 6.08. The van der Waals surface area contributed by atoms with Crippen molar-refractivity contribution in [3.05, 3.63) is 35.9 Å². The van der Waals surface area contributed by atoms with Gasteiger partial charge in [-0.15, -0.1) is 5.06 Å². The SMILES string of the molecule is O=C(ON1CCC(CC2(F)CNC2)CC1)c1ccccc1. The molecule has 5 heteroatoms. The second kappa shape index (κ2) is 6.12. The molecule has 1 aromatic carbocycles. The Morgan fingerprint density at radius 2 is 1.95 bits per heavy atom. The Morgan fingerprint density at radius 1 is 1.29 bits per heavy atom. The molecule has 0 aliphatic carbocycles. The highest BCUT2D eigenvalue weighted by Crippen LogP contribution is 2.31. The largest absolute Gasteiger partial charge is 0.364 e. The van der Waals surface area contributed by atoms with E-state index in [2.05, 4.69) is 5.32 Å². The fourth-order valence-corrected chi connectivity index (χ4v) is 3.01. The standard InChI is InChI=1S/C16H21FN2O2/c17-16(11-18-12-16)10-13-6-8-19(9-7-13)21-15(20)14-4-2-1-3-5-14/h1-5,13,18H,6-12H2. The molecule has 3 rings (SSSR count). The Morgan fingerprint density at radius 3 is 2.52 bits per heavy atom. The molecule has 2 aliphatic rings. The van der Waals surface area contributed by atoms with Crippen molar-refractivity contribution in [2.45, 2.75) is 24.9 Å². The summed E-state index contributed by atoms with van der Waals surface area (Å²) in [6.45, 7) is 2.34. The van der Waals surface area contributed by atoms with E-state index in [0.717, 1.165) is 12.8 Å². The van der Waals surface area contributed by atoms with Crippen LogP contribution < -0.4 is 5.32 Å². The topological polar surface area (TPSA) is 41.6 Å². The molecule has 2 fully saturated rings. The van der Waals surface area contributed by atoms with Crippen molar-refractivity contribution in [2.75, 3.05) is 26.2 Å². The summed E-state index contributed by atoms with van der Waals surface area (Å²) in [7, 11) is 0. The fourth-order valence-electron chi connectivity index (χ4n) is 3.01. The van der Waals surface area contributed by atoms with Crippen LogP contribution in [0.3, 0.4) is 0 Å². The van der Waals surface area contributed by atoms with Crippen molar-refractivity contribution in [1.29, 1.82) is 0 Å². The van der Waals surface area contributed by atoms with E-state index in [0.29, 0.717) is 44.1 Å². The highest BCUT2D eigenvalue weighted by atomic mass is 19.1. The number of piperidine rings is 1. The number of hydroxylamine groups is 2. The van der Waals surface area contributed by atoms with E-state index in [1.807, 2.05) is 18.2 Å². The molecule has 0 unspecified atom stereocenters. The second-order valence-corrected chi connectivity index (χ2v) is 6.08. The van der Waals surface area contributed by atoms with Crippen LogP contribution in [0.15, 0.2) is 30.3 Å². The van der Waals surface area contributed by atoms with Gasteiger partial charge in [-0.3, -0.25) is 0 Å². The van der Waals surface area contributed by atoms with Crippen molar-refractivity contribution in [1.82, 2.24) is 10.4 Å². The fraction of sp³-hybridized carbons (Fsp3) is 0.562. The van der Waals surface area contributed by atoms with Crippen LogP contribution in [0.4, 0.5) is 4.39 Å². The number of alkyl halides is 1. The lowest BCUT2D eigenvalue weighted by Crippen LogP contribution is -2.57. The first kappa shape index (κ1) is 14.5. The minimum Gasteiger partial charge on any atom is -0.364 e. The maximum absolute atomic E-state index is 14.1. The Balaban J connectivity index is 1.44. The first-order valence-electron chi connectivity index (χ1n) is 7.57. The molecule has 1 N–H and O–H groups in total. The number of hydrogen-bond acceptors (Lipinski definition) is 4. The van der Waals surface area contributed by atoms with Gasteiger partial charge in [-0.2, -0.15) is 0 Å². The number of nitrogens with one attached hydrogen (secondary N) is 1. The Labute approximate surface area is 124 Å². The lowest BCUT2D eigenvalue weighted by Gasteiger charge is -2.39. The van der Waals surface area contributed by atoms with Gasteiger partial charge in [0, 0.05) is 26.2 Å². The molecule has 114 valence electrons. The van der Waals surface area contributed by atoms with Crippen molar-refractivity contribution >= 4 is 5.97 Å². The van der Waals surface area contributed by atoms with Crippen LogP contribution in [-0.4, -0.2) is 42.9 Å². The Kier molecular flexibility index (Phi) is 4.22. The van der Waals surface area contributed by atoms with E-state index in [9.17, 15) is 9.18 Å². The van der Waals surface area contributed by atoms with Gasteiger partial charge in [0.05, 0.1) is 5.56 Å². The first-order valence-corrected chi connectivity index (χ1v) is 7.57. The van der Waals surface area contributed by atoms with E-state index in [4.69, 9.17) is 4.84 Å². The average Bonchev–Trinajstić information content (AvgIpc) is 2.48. The molecule has 2 aliphatic heterocycles. The van der Waals surface area contributed by atoms with Crippen LogP contribution in [0, 0.1) is 5.92 Å². The summed E-state index contributed by atoms with van der Waals surface area (Å²) < 4.78 is 14.1. The zero-order chi connectivity index (χ0) is 14.7. The number of nitrogens with zero attached hydrogens (tertiary/aromatic N) is 1. The van der Waals surface area contributed by atoms with Gasteiger partial charge in [-0.1, -0.05) is 18.2 Å². The molecular formula is C16H21FN2O2. The number of benzene rings is 1. The van der Waals surface area contributed by atoms with Gasteiger partial charge in [0.2, 0.25) is 0 Å². The van der Waals surface area contributed by atoms with E-state index in [1.54, 1.807) is 17.2 Å². The summed E-state index contributed by atoms with van der Waals surface area (Å²) >= 11 is 0. The molecule has 1 aromatic rings. The highest BCUT2D eigenvalue weighted by molar-refractivity contribution is 5.89. The van der Waals surface area contributed by atoms with Crippen LogP contribution >= 0.6 is 0 Å². The van der Waals surface area contributed by atoms with Crippen molar-refractivity contribution in [3.8, 4) is 0 Å². The van der Waals surface area contributed by atoms with Gasteiger partial charge in [-0.05, 0) is 37.3 Å². The summed E-state index contributed by atoms with van der Waals surface area (Å²) in [5, 5.41) is 4.69. The van der Waals surface area contributed by atoms with Crippen LogP contribution in [-0.2, 0) is 4.84 Å². The molecule has 0 atom stereocenters. The van der Waals surface area contributed by atoms with Crippen molar-refractivity contribution in [2.24, 2.45) is 5.92 Å². The average molecular weight is 292 g/mol. The minimum absolute atomic E-state index is 0.320. The molecule has 2 saturated heterocycles. The number of carbonyl (C=O) groups excluding carboxylic acids is 1. The molecule has 0 amide bonds. The molecule has 0 saturated carbocycles. The van der Waals surface area contributed by atoms with Gasteiger partial charge in [0.15, 0.2) is 0 Å². The maximum atomic E-state index is 14.1. The molecule has 0 radical (unpaired) electrons. The van der Waals surface area contributed by atoms with Gasteiger partial charge < -0.3 is 10.2 Å². The molecule has 21 heavy (non-hydrogen) atoms. The Hall–Kier alpha value is -1.46. The van der Waals surface area contributed by atoms with Crippen LogP contribution in [0.1, 0.15) is 29.6 Å². The van der Waals surface area contributed by atoms with E-state index < -0.39 is 5.67 Å². The van der Waals surface area contributed by atoms with Crippen LogP contribution in [0.25, 0.3) is 0 Å². The van der Waals surface area contributed by atoms with E-state index in [-0.39, 0.29) is 5.97 Å². The smallest absolute Gasteiger partial charge is 0.357 e. The zero-order valence-electron chi connectivity index (χ0n) is 12.1. The van der Waals surface area contributed by atoms with Crippen LogP contribution in [0.2, 0.25) is 0 Å². The number of hydrogen-bond donors (Lipinski definition) is 1. The summed E-state index contributed by atoms with van der Waals surface area (Å²) in [5.74, 6) is 0.0722. The van der Waals surface area contributed by atoms with Crippen molar-refractivity contribution < 1.29 is 14.0 Å². The van der Waals surface area contributed by atoms with Gasteiger partial charge in [0.1, 0.15) is 5.67 Å². The minimum atomic E-state index is -1.01. The quantitative estimate of drug-likeness (QED) is 0.923. The van der Waals surface area contributed by atoms with Crippen LogP contribution in [0.5, 0.6) is 0 Å². The third-order valence-corrected chi connectivity index (χ3v) is 4.33. The summed E-state index contributed by atoms with van der Waals surface area (Å²) in [4.78, 5) is 17.3. The summed E-state index contributed by atoms with van der Waals surface area (Å²) in [5.41, 5.74) is -0.448. The maximum Gasteiger partial charge on any atom is 0.357 e. The van der Waals surface area contributed by atoms with Gasteiger partial charge in [0.25, 0.3) is 0 Å². The summed E-state index contributed by atoms with van der Waals surface area (Å²) in [6.07, 6.45) is 2.39. The molecule has 2 heterocycles. The third kappa shape index (κ3) is 3.60. The summed E-state index contributed by atoms with van der Waals surface area (Å²) in [6, 6.07) is 8.98. The third-order valence-electron chi connectivity index (χ3n) is 4.33. The predicted octanol–water partition coefficient (Wildman–Crippen LogP) is 2.17. The van der Waals surface area contributed by atoms with E-state index >= 15 is 0 Å². The number of carbonyl (C=O) groups is 1. The molecule has 0 spiro atoms. The number of rotatable bonds is 4. The van der Waals surface area contributed by atoms with Crippen molar-refractivity contribution in [3.63, 3.8) is 0 Å². The molecule has 0 aromatic heterocycles. The van der Waals surface area contributed by atoms with Gasteiger partial charge in [-0.25, -0.2) is 9.18 Å². The predicted molar refractivity (Wildman–Crippen MR) is 77.5 cm³/mol. The first-order chi connectivity index (χ1) is 10.1. The lowest BCUT2D eigenvalue weighted by molar-refractivity contribution is -0.129. The van der Waals surface area contributed by atoms with Gasteiger partial charge >= 0.3 is 5.97 Å². The Bertz CT molecular complexity index is 482. The normalized spacial score (nSPS) is 22.5. The van der Waals surface area contributed by atoms with E-state index in [1.165, 1.54) is 0 Å². The lowest BCUT2D eigenvalue weighted by atomic mass is 9.83. The molecule has 0 bridgehead atoms. The highest BCUT2D eigenvalue weighted by Gasteiger charge is 2.39.